The topological polar surface area (TPSA) is 15.8 Å². The second-order valence-corrected chi connectivity index (χ2v) is 3.90. The largest absolute Gasteiger partial charge is 0.361 e. The lowest BCUT2D eigenvalue weighted by Crippen LogP contribution is -1.92. The van der Waals surface area contributed by atoms with Crippen molar-refractivity contribution < 1.29 is 0 Å². The lowest BCUT2D eigenvalue weighted by atomic mass is 9.96. The van der Waals surface area contributed by atoms with Gasteiger partial charge < -0.3 is 4.98 Å². The summed E-state index contributed by atoms with van der Waals surface area (Å²) in [5.41, 5.74) is 5.41. The summed E-state index contributed by atoms with van der Waals surface area (Å²) < 4.78 is 0. The van der Waals surface area contributed by atoms with Crippen molar-refractivity contribution in [2.75, 3.05) is 0 Å². The Bertz CT molecular complexity index is 491. The number of hydrogen-bond donors (Lipinski definition) is 1. The smallest absolute Gasteiger partial charge is 0.0416 e. The number of allylic oxidation sites excluding steroid dienone is 1. The van der Waals surface area contributed by atoms with Crippen LogP contribution in [0, 0.1) is 0 Å². The molecule has 1 heteroatoms. The molecule has 0 atom stereocenters. The molecule has 0 amide bonds. The zero-order chi connectivity index (χ0) is 10.1. The fourth-order valence-electron chi connectivity index (χ4n) is 2.19. The fraction of sp³-hybridized carbons (Fsp3) is 0.143. The molecule has 2 aromatic rings. The summed E-state index contributed by atoms with van der Waals surface area (Å²) in [4.78, 5) is 3.34. The first-order chi connectivity index (χ1) is 7.45. The SMILES string of the molecule is C1=Cc2[nH]cc(-c3ccccc3)c2CC1. The molecule has 0 aliphatic heterocycles. The van der Waals surface area contributed by atoms with Crippen LogP contribution in [0.2, 0.25) is 0 Å². The average molecular weight is 195 g/mol. The Kier molecular flexibility index (Phi) is 1.95. The van der Waals surface area contributed by atoms with E-state index in [2.05, 4.69) is 53.7 Å². The van der Waals surface area contributed by atoms with Crippen molar-refractivity contribution in [3.63, 3.8) is 0 Å². The van der Waals surface area contributed by atoms with E-state index in [1.54, 1.807) is 0 Å². The first-order valence-corrected chi connectivity index (χ1v) is 5.37. The van der Waals surface area contributed by atoms with Gasteiger partial charge in [-0.3, -0.25) is 0 Å². The van der Waals surface area contributed by atoms with Gasteiger partial charge in [-0.15, -0.1) is 0 Å². The van der Waals surface area contributed by atoms with Crippen molar-refractivity contribution in [1.29, 1.82) is 0 Å². The van der Waals surface area contributed by atoms with Gasteiger partial charge in [0.1, 0.15) is 0 Å². The van der Waals surface area contributed by atoms with E-state index in [1.165, 1.54) is 22.4 Å². The summed E-state index contributed by atoms with van der Waals surface area (Å²) in [6, 6.07) is 10.6. The molecule has 0 spiro atoms. The minimum absolute atomic E-state index is 1.15. The van der Waals surface area contributed by atoms with Gasteiger partial charge in [0.25, 0.3) is 0 Å². The molecule has 1 aliphatic rings. The number of hydrogen-bond acceptors (Lipinski definition) is 0. The first kappa shape index (κ1) is 8.54. The summed E-state index contributed by atoms with van der Waals surface area (Å²) in [7, 11) is 0. The van der Waals surface area contributed by atoms with Crippen LogP contribution in [0.25, 0.3) is 17.2 Å². The number of benzene rings is 1. The Morgan fingerprint density at radius 3 is 2.80 bits per heavy atom. The zero-order valence-electron chi connectivity index (χ0n) is 8.53. The van der Waals surface area contributed by atoms with Crippen LogP contribution in [-0.2, 0) is 6.42 Å². The summed E-state index contributed by atoms with van der Waals surface area (Å²) in [5.74, 6) is 0. The maximum Gasteiger partial charge on any atom is 0.0416 e. The quantitative estimate of drug-likeness (QED) is 0.715. The maximum absolute atomic E-state index is 3.34. The van der Waals surface area contributed by atoms with Crippen molar-refractivity contribution in [3.8, 4) is 11.1 Å². The molecule has 74 valence electrons. The molecular weight excluding hydrogens is 182 g/mol. The van der Waals surface area contributed by atoms with Gasteiger partial charge in [0.05, 0.1) is 0 Å². The van der Waals surface area contributed by atoms with Crippen LogP contribution in [-0.4, -0.2) is 4.98 Å². The predicted octanol–water partition coefficient (Wildman–Crippen LogP) is 3.64. The summed E-state index contributed by atoms with van der Waals surface area (Å²) in [6.07, 6.45) is 8.85. The van der Waals surface area contributed by atoms with E-state index in [-0.39, 0.29) is 0 Å². The molecule has 1 heterocycles. The van der Waals surface area contributed by atoms with Crippen molar-refractivity contribution >= 4 is 6.08 Å². The number of aromatic amines is 1. The number of aromatic nitrogens is 1. The Morgan fingerprint density at radius 1 is 1.07 bits per heavy atom. The number of nitrogens with one attached hydrogen (secondary N) is 1. The Balaban J connectivity index is 2.14. The van der Waals surface area contributed by atoms with E-state index in [9.17, 15) is 0 Å². The van der Waals surface area contributed by atoms with Gasteiger partial charge in [0, 0.05) is 17.5 Å². The highest BCUT2D eigenvalue weighted by atomic mass is 14.7. The number of H-pyrrole nitrogens is 1. The van der Waals surface area contributed by atoms with Crippen LogP contribution in [0.1, 0.15) is 17.7 Å². The Morgan fingerprint density at radius 2 is 1.93 bits per heavy atom. The van der Waals surface area contributed by atoms with Gasteiger partial charge in [-0.25, -0.2) is 0 Å². The Labute approximate surface area is 89.5 Å². The van der Waals surface area contributed by atoms with E-state index in [0.29, 0.717) is 0 Å². The molecule has 0 saturated carbocycles. The highest BCUT2D eigenvalue weighted by Crippen LogP contribution is 2.30. The van der Waals surface area contributed by atoms with Crippen molar-refractivity contribution in [1.82, 2.24) is 4.98 Å². The minimum Gasteiger partial charge on any atom is -0.361 e. The van der Waals surface area contributed by atoms with Crippen molar-refractivity contribution in [2.24, 2.45) is 0 Å². The molecule has 1 nitrogen and oxygen atoms in total. The molecule has 0 radical (unpaired) electrons. The molecule has 0 fully saturated rings. The fourth-order valence-corrected chi connectivity index (χ4v) is 2.19. The van der Waals surface area contributed by atoms with Crippen LogP contribution >= 0.6 is 0 Å². The van der Waals surface area contributed by atoms with E-state index in [4.69, 9.17) is 0 Å². The monoisotopic (exact) mass is 195 g/mol. The Hall–Kier alpha value is -1.76. The van der Waals surface area contributed by atoms with Crippen LogP contribution in [0.3, 0.4) is 0 Å². The predicted molar refractivity (Wildman–Crippen MR) is 63.6 cm³/mol. The van der Waals surface area contributed by atoms with Crippen LogP contribution in [0.15, 0.2) is 42.6 Å². The highest BCUT2D eigenvalue weighted by molar-refractivity contribution is 5.72. The standard InChI is InChI=1S/C14H13N/c1-2-6-11(7-3-1)13-10-15-14-9-5-4-8-12(13)14/h1-3,5-7,9-10,15H,4,8H2. The molecular formula is C14H13N. The first-order valence-electron chi connectivity index (χ1n) is 5.37. The average Bonchev–Trinajstić information content (AvgIpc) is 2.74. The summed E-state index contributed by atoms with van der Waals surface area (Å²) in [5, 5.41) is 0. The van der Waals surface area contributed by atoms with Gasteiger partial charge in [0.2, 0.25) is 0 Å². The van der Waals surface area contributed by atoms with Crippen molar-refractivity contribution in [3.05, 3.63) is 53.9 Å². The third-order valence-electron chi connectivity index (χ3n) is 2.95. The van der Waals surface area contributed by atoms with E-state index in [0.717, 1.165) is 12.8 Å². The van der Waals surface area contributed by atoms with Crippen LogP contribution < -0.4 is 0 Å². The molecule has 1 aromatic carbocycles. The lowest BCUT2D eigenvalue weighted by Gasteiger charge is -2.07. The van der Waals surface area contributed by atoms with E-state index in [1.807, 2.05) is 0 Å². The molecule has 0 saturated heterocycles. The van der Waals surface area contributed by atoms with Crippen LogP contribution in [0.5, 0.6) is 0 Å². The molecule has 1 aliphatic carbocycles. The van der Waals surface area contributed by atoms with E-state index < -0.39 is 0 Å². The molecule has 1 aromatic heterocycles. The molecule has 0 unspecified atom stereocenters. The second kappa shape index (κ2) is 3.43. The summed E-state index contributed by atoms with van der Waals surface area (Å²) >= 11 is 0. The molecule has 3 rings (SSSR count). The maximum atomic E-state index is 3.34. The molecule has 1 N–H and O–H groups in total. The molecule has 15 heavy (non-hydrogen) atoms. The van der Waals surface area contributed by atoms with Gasteiger partial charge in [-0.1, -0.05) is 36.4 Å². The third kappa shape index (κ3) is 1.40. The van der Waals surface area contributed by atoms with Crippen molar-refractivity contribution in [2.45, 2.75) is 12.8 Å². The number of rotatable bonds is 1. The molecule has 0 bridgehead atoms. The highest BCUT2D eigenvalue weighted by Gasteiger charge is 2.12. The minimum atomic E-state index is 1.15. The van der Waals surface area contributed by atoms with Crippen LogP contribution in [0.4, 0.5) is 0 Å². The summed E-state index contributed by atoms with van der Waals surface area (Å²) in [6.45, 7) is 0. The van der Waals surface area contributed by atoms with Gasteiger partial charge >= 0.3 is 0 Å². The second-order valence-electron chi connectivity index (χ2n) is 3.90. The normalized spacial score (nSPS) is 13.9. The van der Waals surface area contributed by atoms with Gasteiger partial charge in [-0.05, 0) is 30.0 Å². The lowest BCUT2D eigenvalue weighted by molar-refractivity contribution is 0.987. The van der Waals surface area contributed by atoms with Gasteiger partial charge in [0.15, 0.2) is 0 Å². The zero-order valence-corrected chi connectivity index (χ0v) is 8.53. The van der Waals surface area contributed by atoms with Gasteiger partial charge in [-0.2, -0.15) is 0 Å². The third-order valence-corrected chi connectivity index (χ3v) is 2.95. The van der Waals surface area contributed by atoms with E-state index >= 15 is 0 Å². The number of fused-ring (bicyclic) bond motifs is 1.